The van der Waals surface area contributed by atoms with Crippen molar-refractivity contribution in [1.29, 1.82) is 0 Å². The quantitative estimate of drug-likeness (QED) is 0.768. The molecule has 0 aliphatic carbocycles. The van der Waals surface area contributed by atoms with E-state index in [1.807, 2.05) is 18.7 Å². The van der Waals surface area contributed by atoms with Gasteiger partial charge in [0.1, 0.15) is 16.7 Å². The Morgan fingerprint density at radius 3 is 2.57 bits per heavy atom. The van der Waals surface area contributed by atoms with Crippen LogP contribution in [0.1, 0.15) is 29.9 Å². The van der Waals surface area contributed by atoms with E-state index < -0.39 is 23.3 Å². The number of carbonyl (C=O) groups is 1. The van der Waals surface area contributed by atoms with Crippen molar-refractivity contribution in [2.24, 2.45) is 0 Å². The third-order valence-electron chi connectivity index (χ3n) is 4.13. The first kappa shape index (κ1) is 20.3. The van der Waals surface area contributed by atoms with Crippen molar-refractivity contribution in [3.8, 4) is 0 Å². The maximum absolute atomic E-state index is 13.4. The standard InChI is InChI=1S/C18H18ClF3N4O2/c1-10-8-26(9-11(2)28-10)16-6-14(12(7-23-16)18(20,21)22)25-17(27)13-4-3-5-15(19)24-13/h3-7,10-11H,8-9H2,1-2H3,(H,23,25,27)/t10-,11+. The number of aromatic nitrogens is 2. The van der Waals surface area contributed by atoms with Crippen LogP contribution in [0.3, 0.4) is 0 Å². The molecule has 0 radical (unpaired) electrons. The normalized spacial score (nSPS) is 20.1. The summed E-state index contributed by atoms with van der Waals surface area (Å²) in [6.07, 6.45) is -4.15. The fourth-order valence-corrected chi connectivity index (χ4v) is 3.20. The van der Waals surface area contributed by atoms with E-state index in [9.17, 15) is 18.0 Å². The molecule has 0 saturated carbocycles. The number of halogens is 4. The van der Waals surface area contributed by atoms with Crippen molar-refractivity contribution in [3.05, 3.63) is 46.9 Å². The van der Waals surface area contributed by atoms with Crippen molar-refractivity contribution in [2.75, 3.05) is 23.3 Å². The van der Waals surface area contributed by atoms with Gasteiger partial charge in [-0.2, -0.15) is 13.2 Å². The third kappa shape index (κ3) is 4.71. The van der Waals surface area contributed by atoms with Gasteiger partial charge in [-0.1, -0.05) is 17.7 Å². The van der Waals surface area contributed by atoms with Crippen LogP contribution in [0.2, 0.25) is 5.15 Å². The predicted octanol–water partition coefficient (Wildman–Crippen LogP) is 4.01. The van der Waals surface area contributed by atoms with Crippen molar-refractivity contribution >= 4 is 29.0 Å². The summed E-state index contributed by atoms with van der Waals surface area (Å²) < 4.78 is 45.8. The molecule has 0 bridgehead atoms. The van der Waals surface area contributed by atoms with E-state index in [0.29, 0.717) is 18.9 Å². The number of amides is 1. The molecule has 0 spiro atoms. The molecule has 6 nitrogen and oxygen atoms in total. The van der Waals surface area contributed by atoms with Crippen molar-refractivity contribution in [3.63, 3.8) is 0 Å². The molecule has 2 aromatic rings. The highest BCUT2D eigenvalue weighted by Gasteiger charge is 2.35. The molecule has 10 heteroatoms. The van der Waals surface area contributed by atoms with Gasteiger partial charge >= 0.3 is 6.18 Å². The van der Waals surface area contributed by atoms with Gasteiger partial charge in [0.2, 0.25) is 0 Å². The second kappa shape index (κ2) is 7.92. The summed E-state index contributed by atoms with van der Waals surface area (Å²) in [6, 6.07) is 5.53. The minimum Gasteiger partial charge on any atom is -0.372 e. The van der Waals surface area contributed by atoms with E-state index in [4.69, 9.17) is 16.3 Å². The highest BCUT2D eigenvalue weighted by molar-refractivity contribution is 6.29. The van der Waals surface area contributed by atoms with Crippen LogP contribution < -0.4 is 10.2 Å². The van der Waals surface area contributed by atoms with Gasteiger partial charge in [0.05, 0.1) is 23.5 Å². The molecule has 2 aromatic heterocycles. The summed E-state index contributed by atoms with van der Waals surface area (Å²) in [5, 5.41) is 2.35. The Bertz CT molecular complexity index is 868. The molecule has 1 fully saturated rings. The molecule has 1 amide bonds. The number of nitrogens with one attached hydrogen (secondary N) is 1. The number of hydrogen-bond acceptors (Lipinski definition) is 5. The average molecular weight is 415 g/mol. The maximum Gasteiger partial charge on any atom is 0.419 e. The molecular formula is C18H18ClF3N4O2. The fraction of sp³-hybridized carbons (Fsp3) is 0.389. The largest absolute Gasteiger partial charge is 0.419 e. The first-order valence-corrected chi connectivity index (χ1v) is 8.93. The molecule has 0 unspecified atom stereocenters. The lowest BCUT2D eigenvalue weighted by Gasteiger charge is -2.36. The molecular weight excluding hydrogens is 397 g/mol. The molecule has 1 aliphatic rings. The number of pyridine rings is 2. The first-order valence-electron chi connectivity index (χ1n) is 8.55. The van der Waals surface area contributed by atoms with E-state index in [-0.39, 0.29) is 23.1 Å². The minimum atomic E-state index is -4.68. The van der Waals surface area contributed by atoms with E-state index >= 15 is 0 Å². The van der Waals surface area contributed by atoms with Crippen LogP contribution in [-0.4, -0.2) is 41.2 Å². The molecule has 0 aromatic carbocycles. The Kier molecular flexibility index (Phi) is 5.76. The Labute approximate surface area is 164 Å². The summed E-state index contributed by atoms with van der Waals surface area (Å²) in [5.74, 6) is -0.474. The lowest BCUT2D eigenvalue weighted by Crippen LogP contribution is -2.45. The van der Waals surface area contributed by atoms with E-state index in [0.717, 1.165) is 6.20 Å². The van der Waals surface area contributed by atoms with Gasteiger partial charge in [0.15, 0.2) is 0 Å². The van der Waals surface area contributed by atoms with Crippen LogP contribution in [0.4, 0.5) is 24.7 Å². The lowest BCUT2D eigenvalue weighted by atomic mass is 10.2. The van der Waals surface area contributed by atoms with E-state index in [2.05, 4.69) is 15.3 Å². The zero-order valence-corrected chi connectivity index (χ0v) is 15.9. The summed E-state index contributed by atoms with van der Waals surface area (Å²) in [7, 11) is 0. The molecule has 3 rings (SSSR count). The van der Waals surface area contributed by atoms with Crippen molar-refractivity contribution in [1.82, 2.24) is 9.97 Å². The summed E-state index contributed by atoms with van der Waals surface area (Å²) >= 11 is 5.75. The zero-order valence-electron chi connectivity index (χ0n) is 15.1. The van der Waals surface area contributed by atoms with E-state index in [1.165, 1.54) is 24.3 Å². The van der Waals surface area contributed by atoms with Gasteiger partial charge in [0, 0.05) is 25.4 Å². The van der Waals surface area contributed by atoms with Crippen molar-refractivity contribution in [2.45, 2.75) is 32.2 Å². The summed E-state index contributed by atoms with van der Waals surface area (Å²) in [4.78, 5) is 22.0. The number of rotatable bonds is 3. The SMILES string of the molecule is C[C@@H]1CN(c2cc(NC(=O)c3cccc(Cl)n3)c(C(F)(F)F)cn2)C[C@H](C)O1. The highest BCUT2D eigenvalue weighted by atomic mass is 35.5. The van der Waals surface area contributed by atoms with Gasteiger partial charge < -0.3 is 15.0 Å². The van der Waals surface area contributed by atoms with Gasteiger partial charge in [-0.05, 0) is 26.0 Å². The van der Waals surface area contributed by atoms with Gasteiger partial charge in [-0.3, -0.25) is 4.79 Å². The number of alkyl halides is 3. The number of hydrogen-bond donors (Lipinski definition) is 1. The van der Waals surface area contributed by atoms with Crippen LogP contribution in [0.15, 0.2) is 30.5 Å². The van der Waals surface area contributed by atoms with Crippen LogP contribution in [0.5, 0.6) is 0 Å². The van der Waals surface area contributed by atoms with Crippen molar-refractivity contribution < 1.29 is 22.7 Å². The molecule has 3 heterocycles. The molecule has 150 valence electrons. The molecule has 2 atom stereocenters. The van der Waals surface area contributed by atoms with Crippen LogP contribution in [-0.2, 0) is 10.9 Å². The maximum atomic E-state index is 13.4. The lowest BCUT2D eigenvalue weighted by molar-refractivity contribution is -0.137. The molecule has 1 saturated heterocycles. The van der Waals surface area contributed by atoms with Gasteiger partial charge in [-0.25, -0.2) is 9.97 Å². The van der Waals surface area contributed by atoms with Crippen LogP contribution >= 0.6 is 11.6 Å². The Hall–Kier alpha value is -2.39. The number of ether oxygens (including phenoxy) is 1. The average Bonchev–Trinajstić information content (AvgIpc) is 2.60. The number of morpholine rings is 1. The fourth-order valence-electron chi connectivity index (χ4n) is 3.03. The van der Waals surface area contributed by atoms with Gasteiger partial charge in [0.25, 0.3) is 5.91 Å². The Morgan fingerprint density at radius 2 is 1.96 bits per heavy atom. The van der Waals surface area contributed by atoms with E-state index in [1.54, 1.807) is 0 Å². The Balaban J connectivity index is 1.94. The monoisotopic (exact) mass is 414 g/mol. The first-order chi connectivity index (χ1) is 13.1. The smallest absolute Gasteiger partial charge is 0.372 e. The molecule has 1 N–H and O–H groups in total. The van der Waals surface area contributed by atoms with Crippen LogP contribution in [0, 0.1) is 0 Å². The second-order valence-corrected chi connectivity index (χ2v) is 6.94. The number of carbonyl (C=O) groups excluding carboxylic acids is 1. The van der Waals surface area contributed by atoms with Crippen LogP contribution in [0.25, 0.3) is 0 Å². The third-order valence-corrected chi connectivity index (χ3v) is 4.34. The Morgan fingerprint density at radius 1 is 1.29 bits per heavy atom. The van der Waals surface area contributed by atoms with Gasteiger partial charge in [-0.15, -0.1) is 0 Å². The predicted molar refractivity (Wildman–Crippen MR) is 98.7 cm³/mol. The second-order valence-electron chi connectivity index (χ2n) is 6.55. The minimum absolute atomic E-state index is 0.0652. The number of nitrogens with zero attached hydrogens (tertiary/aromatic N) is 3. The summed E-state index contributed by atoms with van der Waals surface area (Å²) in [6.45, 7) is 4.71. The highest BCUT2D eigenvalue weighted by Crippen LogP contribution is 2.36. The summed E-state index contributed by atoms with van der Waals surface area (Å²) in [5.41, 5.74) is -1.52. The topological polar surface area (TPSA) is 67.4 Å². The molecule has 28 heavy (non-hydrogen) atoms. The molecule has 1 aliphatic heterocycles. The zero-order chi connectivity index (χ0) is 20.5. The number of anilines is 2.